The summed E-state index contributed by atoms with van der Waals surface area (Å²) >= 11 is 7.63. The first-order chi connectivity index (χ1) is 10.3. The number of imidazole rings is 1. The number of aromatic nitrogens is 2. The minimum absolute atomic E-state index is 0.802. The molecule has 0 amide bonds. The highest BCUT2D eigenvalue weighted by molar-refractivity contribution is 7.16. The van der Waals surface area contributed by atoms with Gasteiger partial charge < -0.3 is 9.88 Å². The molecule has 3 nitrogen and oxygen atoms in total. The number of fused-ring (bicyclic) bond motifs is 1. The lowest BCUT2D eigenvalue weighted by molar-refractivity contribution is 0.818. The number of hydrogen-bond donors (Lipinski definition) is 1. The van der Waals surface area contributed by atoms with Crippen molar-refractivity contribution >= 4 is 28.6 Å². The van der Waals surface area contributed by atoms with E-state index in [0.29, 0.717) is 0 Å². The van der Waals surface area contributed by atoms with Crippen molar-refractivity contribution in [1.82, 2.24) is 9.55 Å². The molecule has 0 saturated heterocycles. The zero-order valence-electron chi connectivity index (χ0n) is 11.3. The average molecular weight is 316 g/mol. The highest BCUT2D eigenvalue weighted by atomic mass is 35.5. The maximum atomic E-state index is 6.02. The highest BCUT2D eigenvalue weighted by Gasteiger charge is 2.17. The molecule has 1 aliphatic heterocycles. The van der Waals surface area contributed by atoms with Gasteiger partial charge in [0, 0.05) is 22.7 Å². The number of rotatable bonds is 3. The first-order valence-corrected chi connectivity index (χ1v) is 8.11. The van der Waals surface area contributed by atoms with Crippen molar-refractivity contribution in [1.29, 1.82) is 0 Å². The Hall–Kier alpha value is -1.78. The molecule has 0 fully saturated rings. The first kappa shape index (κ1) is 12.9. The van der Waals surface area contributed by atoms with Gasteiger partial charge in [0.2, 0.25) is 0 Å². The standard InChI is InChI=1S/C16H14ClN3S/c17-15-5-4-12(21-15)9-20-10-18-8-14(20)13-3-1-2-11-6-7-19-16(11)13/h1-5,8,10,19H,6-7,9H2. The molecule has 0 bridgehead atoms. The van der Waals surface area contributed by atoms with E-state index in [1.807, 2.05) is 18.6 Å². The third kappa shape index (κ3) is 2.34. The number of thiophene rings is 1. The van der Waals surface area contributed by atoms with E-state index in [9.17, 15) is 0 Å². The topological polar surface area (TPSA) is 29.9 Å². The van der Waals surface area contributed by atoms with Gasteiger partial charge in [-0.25, -0.2) is 4.98 Å². The fourth-order valence-electron chi connectivity index (χ4n) is 2.83. The number of nitrogens with one attached hydrogen (secondary N) is 1. The molecule has 1 aromatic carbocycles. The van der Waals surface area contributed by atoms with Crippen molar-refractivity contribution in [2.75, 3.05) is 11.9 Å². The van der Waals surface area contributed by atoms with Gasteiger partial charge in [-0.1, -0.05) is 29.8 Å². The fraction of sp³-hybridized carbons (Fsp3) is 0.188. The van der Waals surface area contributed by atoms with E-state index in [2.05, 4.69) is 39.1 Å². The zero-order chi connectivity index (χ0) is 14.2. The summed E-state index contributed by atoms with van der Waals surface area (Å²) in [5.41, 5.74) is 5.01. The molecule has 3 aromatic rings. The van der Waals surface area contributed by atoms with Crippen molar-refractivity contribution in [3.63, 3.8) is 0 Å². The summed E-state index contributed by atoms with van der Waals surface area (Å²) in [5, 5.41) is 3.49. The smallest absolute Gasteiger partial charge is 0.0954 e. The summed E-state index contributed by atoms with van der Waals surface area (Å²) in [6.45, 7) is 1.82. The van der Waals surface area contributed by atoms with Gasteiger partial charge in [-0.15, -0.1) is 11.3 Å². The predicted octanol–water partition coefficient (Wildman–Crippen LogP) is 4.28. The van der Waals surface area contributed by atoms with Crippen LogP contribution >= 0.6 is 22.9 Å². The van der Waals surface area contributed by atoms with Crippen LogP contribution in [0.1, 0.15) is 10.4 Å². The number of para-hydroxylation sites is 1. The third-order valence-corrected chi connectivity index (χ3v) is 5.01. The van der Waals surface area contributed by atoms with Gasteiger partial charge in [0.1, 0.15) is 0 Å². The Morgan fingerprint density at radius 1 is 1.29 bits per heavy atom. The Balaban J connectivity index is 1.74. The monoisotopic (exact) mass is 315 g/mol. The minimum atomic E-state index is 0.802. The van der Waals surface area contributed by atoms with Crippen LogP contribution in [0.25, 0.3) is 11.3 Å². The predicted molar refractivity (Wildman–Crippen MR) is 88.3 cm³/mol. The van der Waals surface area contributed by atoms with Crippen molar-refractivity contribution in [2.24, 2.45) is 0 Å². The second kappa shape index (κ2) is 5.20. The molecule has 0 radical (unpaired) electrons. The molecule has 106 valence electrons. The number of halogens is 1. The summed E-state index contributed by atoms with van der Waals surface area (Å²) in [7, 11) is 0. The van der Waals surface area contributed by atoms with Crippen LogP contribution in [-0.4, -0.2) is 16.1 Å². The third-order valence-electron chi connectivity index (χ3n) is 3.79. The fourth-order valence-corrected chi connectivity index (χ4v) is 3.92. The normalized spacial score (nSPS) is 13.2. The van der Waals surface area contributed by atoms with Crippen LogP contribution in [0.3, 0.4) is 0 Å². The Morgan fingerprint density at radius 3 is 3.10 bits per heavy atom. The van der Waals surface area contributed by atoms with E-state index in [-0.39, 0.29) is 0 Å². The van der Waals surface area contributed by atoms with Crippen LogP contribution in [0.4, 0.5) is 5.69 Å². The Bertz CT molecular complexity index is 790. The van der Waals surface area contributed by atoms with Crippen LogP contribution < -0.4 is 5.32 Å². The van der Waals surface area contributed by atoms with Gasteiger partial charge in [-0.3, -0.25) is 0 Å². The number of hydrogen-bond acceptors (Lipinski definition) is 3. The second-order valence-corrected chi connectivity index (χ2v) is 6.93. The molecule has 1 aliphatic rings. The Labute approximate surface area is 132 Å². The number of nitrogens with zero attached hydrogens (tertiary/aromatic N) is 2. The lowest BCUT2D eigenvalue weighted by atomic mass is 10.1. The van der Waals surface area contributed by atoms with Gasteiger partial charge in [0.05, 0.1) is 29.1 Å². The van der Waals surface area contributed by atoms with Crippen LogP contribution in [0.5, 0.6) is 0 Å². The van der Waals surface area contributed by atoms with E-state index in [1.54, 1.807) is 11.3 Å². The minimum Gasteiger partial charge on any atom is -0.384 e. The van der Waals surface area contributed by atoms with Gasteiger partial charge in [-0.2, -0.15) is 0 Å². The molecule has 5 heteroatoms. The molecule has 0 aliphatic carbocycles. The Kier molecular flexibility index (Phi) is 3.20. The summed E-state index contributed by atoms with van der Waals surface area (Å²) in [6.07, 6.45) is 4.92. The molecule has 4 rings (SSSR count). The summed E-state index contributed by atoms with van der Waals surface area (Å²) in [5.74, 6) is 0. The highest BCUT2D eigenvalue weighted by Crippen LogP contribution is 2.34. The van der Waals surface area contributed by atoms with E-state index in [1.165, 1.54) is 21.7 Å². The molecule has 0 saturated carbocycles. The lowest BCUT2D eigenvalue weighted by Gasteiger charge is -2.11. The molecule has 2 aromatic heterocycles. The molecule has 1 N–H and O–H groups in total. The molecular weight excluding hydrogens is 302 g/mol. The van der Waals surface area contributed by atoms with E-state index in [0.717, 1.165) is 29.5 Å². The lowest BCUT2D eigenvalue weighted by Crippen LogP contribution is -2.00. The molecule has 0 spiro atoms. The molecule has 3 heterocycles. The van der Waals surface area contributed by atoms with E-state index >= 15 is 0 Å². The van der Waals surface area contributed by atoms with Crippen molar-refractivity contribution in [3.8, 4) is 11.3 Å². The zero-order valence-corrected chi connectivity index (χ0v) is 12.9. The number of benzene rings is 1. The van der Waals surface area contributed by atoms with Gasteiger partial charge in [0.15, 0.2) is 0 Å². The number of anilines is 1. The van der Waals surface area contributed by atoms with Gasteiger partial charge in [0.25, 0.3) is 0 Å². The van der Waals surface area contributed by atoms with Crippen molar-refractivity contribution < 1.29 is 0 Å². The van der Waals surface area contributed by atoms with Crippen molar-refractivity contribution in [2.45, 2.75) is 13.0 Å². The van der Waals surface area contributed by atoms with Gasteiger partial charge >= 0.3 is 0 Å². The molecular formula is C16H14ClN3S. The van der Waals surface area contributed by atoms with Crippen molar-refractivity contribution in [3.05, 3.63) is 57.6 Å². The Morgan fingerprint density at radius 2 is 2.24 bits per heavy atom. The summed E-state index contributed by atoms with van der Waals surface area (Å²) < 4.78 is 3.01. The first-order valence-electron chi connectivity index (χ1n) is 6.92. The van der Waals surface area contributed by atoms with Crippen LogP contribution in [0.15, 0.2) is 42.9 Å². The molecule has 0 unspecified atom stereocenters. The van der Waals surface area contributed by atoms with E-state index < -0.39 is 0 Å². The largest absolute Gasteiger partial charge is 0.384 e. The average Bonchev–Trinajstić information content (AvgIpc) is 3.19. The summed E-state index contributed by atoms with van der Waals surface area (Å²) in [6, 6.07) is 10.5. The molecule has 21 heavy (non-hydrogen) atoms. The molecule has 0 atom stereocenters. The maximum absolute atomic E-state index is 6.02. The van der Waals surface area contributed by atoms with Crippen LogP contribution in [0.2, 0.25) is 4.34 Å². The maximum Gasteiger partial charge on any atom is 0.0954 e. The van der Waals surface area contributed by atoms with Crippen LogP contribution in [0, 0.1) is 0 Å². The van der Waals surface area contributed by atoms with Crippen LogP contribution in [-0.2, 0) is 13.0 Å². The second-order valence-electron chi connectivity index (χ2n) is 5.13. The van der Waals surface area contributed by atoms with E-state index in [4.69, 9.17) is 11.6 Å². The van der Waals surface area contributed by atoms with Gasteiger partial charge in [-0.05, 0) is 24.1 Å². The quantitative estimate of drug-likeness (QED) is 0.781. The SMILES string of the molecule is Clc1ccc(Cn2cncc2-c2cccc3c2NCC3)s1. The summed E-state index contributed by atoms with van der Waals surface area (Å²) in [4.78, 5) is 5.57.